The van der Waals surface area contributed by atoms with Crippen molar-refractivity contribution >= 4 is 11.8 Å². The van der Waals surface area contributed by atoms with E-state index in [9.17, 15) is 8.78 Å². The summed E-state index contributed by atoms with van der Waals surface area (Å²) in [5.74, 6) is 0.551. The Morgan fingerprint density at radius 2 is 1.70 bits per heavy atom. The van der Waals surface area contributed by atoms with Gasteiger partial charge in [-0.1, -0.05) is 39.5 Å². The molecule has 0 N–H and O–H groups in total. The van der Waals surface area contributed by atoms with Crippen LogP contribution < -0.4 is 4.74 Å². The van der Waals surface area contributed by atoms with Gasteiger partial charge in [-0.15, -0.1) is 11.8 Å². The summed E-state index contributed by atoms with van der Waals surface area (Å²) >= 11 is 1.35. The summed E-state index contributed by atoms with van der Waals surface area (Å²) in [6.45, 7) is 4.75. The molecule has 0 spiro atoms. The van der Waals surface area contributed by atoms with Gasteiger partial charge in [-0.3, -0.25) is 0 Å². The second-order valence-corrected chi connectivity index (χ2v) is 7.66. The maximum Gasteiger partial charge on any atom is 0.201 e. The van der Waals surface area contributed by atoms with Crippen molar-refractivity contribution in [2.45, 2.75) is 63.7 Å². The van der Waals surface area contributed by atoms with Gasteiger partial charge < -0.3 is 4.74 Å². The zero-order chi connectivity index (χ0) is 16.7. The van der Waals surface area contributed by atoms with E-state index in [1.54, 1.807) is 12.1 Å². The standard InChI is InChI=1S/C19H28F2OS/c1-3-5-14-6-8-15(9-7-14)13-22-16-10-11-17(23-12-4-2)19(21)18(16)20/h10-11,14-15H,3-9,12-13H2,1-2H3. The summed E-state index contributed by atoms with van der Waals surface area (Å²) in [5.41, 5.74) is 0. The lowest BCUT2D eigenvalue weighted by molar-refractivity contribution is 0.173. The average molecular weight is 342 g/mol. The van der Waals surface area contributed by atoms with Crippen molar-refractivity contribution in [3.8, 4) is 5.75 Å². The molecular weight excluding hydrogens is 314 g/mol. The van der Waals surface area contributed by atoms with E-state index in [2.05, 4.69) is 6.92 Å². The summed E-state index contributed by atoms with van der Waals surface area (Å²) in [5, 5.41) is 0. The Hall–Kier alpha value is -0.770. The molecule has 4 heteroatoms. The van der Waals surface area contributed by atoms with Crippen molar-refractivity contribution in [2.75, 3.05) is 12.4 Å². The van der Waals surface area contributed by atoms with Gasteiger partial charge in [0, 0.05) is 4.90 Å². The Morgan fingerprint density at radius 1 is 1.00 bits per heavy atom. The monoisotopic (exact) mass is 342 g/mol. The molecule has 0 radical (unpaired) electrons. The summed E-state index contributed by atoms with van der Waals surface area (Å²) in [7, 11) is 0. The molecule has 1 saturated carbocycles. The van der Waals surface area contributed by atoms with E-state index in [0.717, 1.165) is 30.9 Å². The Bertz CT molecular complexity index is 485. The van der Waals surface area contributed by atoms with Crippen LogP contribution in [0.2, 0.25) is 0 Å². The first-order chi connectivity index (χ1) is 11.2. The molecule has 1 nitrogen and oxygen atoms in total. The molecule has 0 saturated heterocycles. The lowest BCUT2D eigenvalue weighted by atomic mass is 9.80. The van der Waals surface area contributed by atoms with Crippen LogP contribution in [0.15, 0.2) is 17.0 Å². The van der Waals surface area contributed by atoms with Gasteiger partial charge in [-0.05, 0) is 49.0 Å². The van der Waals surface area contributed by atoms with Crippen LogP contribution in [-0.2, 0) is 0 Å². The SMILES string of the molecule is CCCSc1ccc(OCC2CCC(CCC)CC2)c(F)c1F. The fraction of sp³-hybridized carbons (Fsp3) is 0.684. The minimum absolute atomic E-state index is 0.0547. The third kappa shape index (κ3) is 5.37. The number of halogens is 2. The predicted octanol–water partition coefficient (Wildman–Crippen LogP) is 6.45. The number of rotatable bonds is 8. The maximum atomic E-state index is 14.1. The fourth-order valence-corrected chi connectivity index (χ4v) is 4.06. The molecule has 130 valence electrons. The van der Waals surface area contributed by atoms with Crippen LogP contribution in [-0.4, -0.2) is 12.4 Å². The highest BCUT2D eigenvalue weighted by molar-refractivity contribution is 7.99. The van der Waals surface area contributed by atoms with Gasteiger partial charge in [0.15, 0.2) is 11.6 Å². The van der Waals surface area contributed by atoms with E-state index in [-0.39, 0.29) is 5.75 Å². The van der Waals surface area contributed by atoms with Gasteiger partial charge in [0.2, 0.25) is 5.82 Å². The molecule has 0 aliphatic heterocycles. The first-order valence-corrected chi connectivity index (χ1v) is 9.87. The van der Waals surface area contributed by atoms with Gasteiger partial charge in [0.25, 0.3) is 0 Å². The van der Waals surface area contributed by atoms with Crippen molar-refractivity contribution in [1.29, 1.82) is 0 Å². The first-order valence-electron chi connectivity index (χ1n) is 8.89. The van der Waals surface area contributed by atoms with Gasteiger partial charge in [0.05, 0.1) is 6.61 Å². The molecule has 0 aromatic heterocycles. The second-order valence-electron chi connectivity index (χ2n) is 6.52. The van der Waals surface area contributed by atoms with Crippen molar-refractivity contribution in [3.05, 3.63) is 23.8 Å². The lowest BCUT2D eigenvalue weighted by Gasteiger charge is -2.28. The molecule has 1 aromatic rings. The van der Waals surface area contributed by atoms with Crippen LogP contribution in [0.1, 0.15) is 58.8 Å². The Morgan fingerprint density at radius 3 is 2.35 bits per heavy atom. The summed E-state index contributed by atoms with van der Waals surface area (Å²) in [6, 6.07) is 3.20. The summed E-state index contributed by atoms with van der Waals surface area (Å²) in [6.07, 6.45) is 8.25. The zero-order valence-electron chi connectivity index (χ0n) is 14.2. The molecule has 1 fully saturated rings. The molecule has 0 unspecified atom stereocenters. The molecular formula is C19H28F2OS. The molecule has 0 bridgehead atoms. The van der Waals surface area contributed by atoms with Crippen LogP contribution >= 0.6 is 11.8 Å². The zero-order valence-corrected chi connectivity index (χ0v) is 15.1. The van der Waals surface area contributed by atoms with Crippen LogP contribution in [0.5, 0.6) is 5.75 Å². The van der Waals surface area contributed by atoms with Crippen LogP contribution in [0.3, 0.4) is 0 Å². The van der Waals surface area contributed by atoms with Crippen molar-refractivity contribution in [3.63, 3.8) is 0 Å². The molecule has 1 aliphatic rings. The predicted molar refractivity (Wildman–Crippen MR) is 93.2 cm³/mol. The van der Waals surface area contributed by atoms with E-state index in [1.807, 2.05) is 6.92 Å². The van der Waals surface area contributed by atoms with Gasteiger partial charge in [-0.2, -0.15) is 4.39 Å². The summed E-state index contributed by atoms with van der Waals surface area (Å²) < 4.78 is 33.7. The van der Waals surface area contributed by atoms with Gasteiger partial charge >= 0.3 is 0 Å². The minimum atomic E-state index is -0.842. The largest absolute Gasteiger partial charge is 0.490 e. The van der Waals surface area contributed by atoms with E-state index in [4.69, 9.17) is 4.74 Å². The normalized spacial score (nSPS) is 21.4. The molecule has 1 aromatic carbocycles. The Kier molecular flexibility index (Phi) is 7.68. The fourth-order valence-electron chi connectivity index (χ4n) is 3.25. The Balaban J connectivity index is 1.85. The molecule has 0 atom stereocenters. The molecule has 2 rings (SSSR count). The molecule has 0 heterocycles. The molecule has 1 aliphatic carbocycles. The van der Waals surface area contributed by atoms with Crippen molar-refractivity contribution in [1.82, 2.24) is 0 Å². The first kappa shape index (κ1) is 18.6. The molecule has 0 amide bonds. The van der Waals surface area contributed by atoms with Crippen molar-refractivity contribution in [2.24, 2.45) is 11.8 Å². The number of ether oxygens (including phenoxy) is 1. The van der Waals surface area contributed by atoms with E-state index in [1.165, 1.54) is 37.4 Å². The number of hydrogen-bond donors (Lipinski definition) is 0. The van der Waals surface area contributed by atoms with E-state index in [0.29, 0.717) is 17.4 Å². The highest BCUT2D eigenvalue weighted by atomic mass is 32.2. The third-order valence-electron chi connectivity index (χ3n) is 4.61. The number of thioether (sulfide) groups is 1. The second kappa shape index (κ2) is 9.51. The van der Waals surface area contributed by atoms with Crippen LogP contribution in [0, 0.1) is 23.5 Å². The average Bonchev–Trinajstić information content (AvgIpc) is 2.57. The smallest absolute Gasteiger partial charge is 0.201 e. The van der Waals surface area contributed by atoms with Crippen LogP contribution in [0.4, 0.5) is 8.78 Å². The van der Waals surface area contributed by atoms with Crippen LogP contribution in [0.25, 0.3) is 0 Å². The van der Waals surface area contributed by atoms with Gasteiger partial charge in [0.1, 0.15) is 0 Å². The Labute approximate surface area is 143 Å². The van der Waals surface area contributed by atoms with E-state index < -0.39 is 11.6 Å². The van der Waals surface area contributed by atoms with E-state index >= 15 is 0 Å². The molecule has 23 heavy (non-hydrogen) atoms. The number of hydrogen-bond acceptors (Lipinski definition) is 2. The highest BCUT2D eigenvalue weighted by Gasteiger charge is 2.22. The quantitative estimate of drug-likeness (QED) is 0.502. The highest BCUT2D eigenvalue weighted by Crippen LogP contribution is 2.33. The lowest BCUT2D eigenvalue weighted by Crippen LogP contribution is -2.20. The summed E-state index contributed by atoms with van der Waals surface area (Å²) in [4.78, 5) is 0.372. The minimum Gasteiger partial charge on any atom is -0.490 e. The third-order valence-corrected chi connectivity index (χ3v) is 5.85. The topological polar surface area (TPSA) is 9.23 Å². The maximum absolute atomic E-state index is 14.1. The van der Waals surface area contributed by atoms with Gasteiger partial charge in [-0.25, -0.2) is 4.39 Å². The number of benzene rings is 1. The van der Waals surface area contributed by atoms with Crippen molar-refractivity contribution < 1.29 is 13.5 Å².